The van der Waals surface area contributed by atoms with Crippen molar-refractivity contribution in [2.24, 2.45) is 5.73 Å². The molecule has 0 aliphatic rings. The van der Waals surface area contributed by atoms with Gasteiger partial charge < -0.3 is 10.5 Å². The van der Waals surface area contributed by atoms with Gasteiger partial charge in [0.1, 0.15) is 12.4 Å². The Bertz CT molecular complexity index is 534. The number of hydrogen-bond donors (Lipinski definition) is 1. The van der Waals surface area contributed by atoms with Gasteiger partial charge in [0, 0.05) is 12.1 Å². The van der Waals surface area contributed by atoms with Crippen molar-refractivity contribution in [3.8, 4) is 5.75 Å². The van der Waals surface area contributed by atoms with Crippen LogP contribution in [0.1, 0.15) is 22.3 Å². The lowest BCUT2D eigenvalue weighted by Gasteiger charge is -2.11. The highest BCUT2D eigenvalue weighted by molar-refractivity contribution is 5.34. The van der Waals surface area contributed by atoms with E-state index in [2.05, 4.69) is 32.0 Å². The molecule has 0 spiro atoms. The summed E-state index contributed by atoms with van der Waals surface area (Å²) >= 11 is 0. The van der Waals surface area contributed by atoms with Crippen molar-refractivity contribution in [2.75, 3.05) is 0 Å². The van der Waals surface area contributed by atoms with Gasteiger partial charge in [0.2, 0.25) is 0 Å². The predicted molar refractivity (Wildman–Crippen MR) is 74.6 cm³/mol. The molecule has 0 unspecified atom stereocenters. The molecule has 0 amide bonds. The van der Waals surface area contributed by atoms with E-state index in [0.29, 0.717) is 13.2 Å². The van der Waals surface area contributed by atoms with Crippen LogP contribution in [0.5, 0.6) is 5.75 Å². The third-order valence-electron chi connectivity index (χ3n) is 3.16. The van der Waals surface area contributed by atoms with Gasteiger partial charge in [-0.2, -0.15) is 0 Å². The Balaban J connectivity index is 2.09. The van der Waals surface area contributed by atoms with Crippen molar-refractivity contribution in [3.63, 3.8) is 0 Å². The molecule has 0 saturated carbocycles. The van der Waals surface area contributed by atoms with E-state index in [1.807, 2.05) is 24.3 Å². The second-order valence-corrected chi connectivity index (χ2v) is 4.52. The molecule has 2 rings (SSSR count). The van der Waals surface area contributed by atoms with E-state index in [4.69, 9.17) is 10.5 Å². The molecule has 2 N–H and O–H groups in total. The number of nitrogens with two attached hydrogens (primary N) is 1. The first-order valence-electron chi connectivity index (χ1n) is 6.17. The van der Waals surface area contributed by atoms with Gasteiger partial charge in [0.05, 0.1) is 0 Å². The van der Waals surface area contributed by atoms with Crippen LogP contribution < -0.4 is 10.5 Å². The molecular weight excluding hydrogens is 222 g/mol. The number of ether oxygens (including phenoxy) is 1. The number of benzene rings is 2. The lowest BCUT2D eigenvalue weighted by Crippen LogP contribution is -2.02. The highest BCUT2D eigenvalue weighted by Crippen LogP contribution is 2.19. The molecule has 0 radical (unpaired) electrons. The maximum Gasteiger partial charge on any atom is 0.124 e. The van der Waals surface area contributed by atoms with Crippen molar-refractivity contribution in [1.29, 1.82) is 0 Å². The zero-order valence-electron chi connectivity index (χ0n) is 10.9. The fourth-order valence-electron chi connectivity index (χ4n) is 1.87. The molecule has 2 aromatic carbocycles. The van der Waals surface area contributed by atoms with E-state index in [1.165, 1.54) is 16.7 Å². The summed E-state index contributed by atoms with van der Waals surface area (Å²) in [6.07, 6.45) is 0. The van der Waals surface area contributed by atoms with Crippen LogP contribution in [0.15, 0.2) is 42.5 Å². The minimum Gasteiger partial charge on any atom is -0.489 e. The zero-order chi connectivity index (χ0) is 13.0. The van der Waals surface area contributed by atoms with Gasteiger partial charge >= 0.3 is 0 Å². The first-order valence-corrected chi connectivity index (χ1v) is 6.17. The topological polar surface area (TPSA) is 35.2 Å². The molecular formula is C16H19NO. The largest absolute Gasteiger partial charge is 0.489 e. The highest BCUT2D eigenvalue weighted by Gasteiger charge is 2.02. The first kappa shape index (κ1) is 12.7. The van der Waals surface area contributed by atoms with Crippen LogP contribution in [0, 0.1) is 13.8 Å². The smallest absolute Gasteiger partial charge is 0.124 e. The van der Waals surface area contributed by atoms with E-state index in [0.717, 1.165) is 11.3 Å². The normalized spacial score (nSPS) is 10.4. The summed E-state index contributed by atoms with van der Waals surface area (Å²) in [5, 5.41) is 0. The van der Waals surface area contributed by atoms with Gasteiger partial charge in [-0.25, -0.2) is 0 Å². The molecule has 2 nitrogen and oxygen atoms in total. The third-order valence-corrected chi connectivity index (χ3v) is 3.16. The van der Waals surface area contributed by atoms with E-state index >= 15 is 0 Å². The number of hydrogen-bond acceptors (Lipinski definition) is 2. The molecule has 0 aromatic heterocycles. The average molecular weight is 241 g/mol. The van der Waals surface area contributed by atoms with Gasteiger partial charge in [-0.15, -0.1) is 0 Å². The Kier molecular flexibility index (Phi) is 4.00. The Labute approximate surface area is 108 Å². The molecule has 0 bridgehead atoms. The first-order chi connectivity index (χ1) is 8.70. The Morgan fingerprint density at radius 1 is 1.00 bits per heavy atom. The van der Waals surface area contributed by atoms with Crippen molar-refractivity contribution in [3.05, 3.63) is 64.7 Å². The third kappa shape index (κ3) is 2.90. The van der Waals surface area contributed by atoms with Crippen LogP contribution in [0.3, 0.4) is 0 Å². The molecule has 0 aliphatic heterocycles. The van der Waals surface area contributed by atoms with Gasteiger partial charge in [0.15, 0.2) is 0 Å². The number of rotatable bonds is 4. The van der Waals surface area contributed by atoms with Gasteiger partial charge in [-0.3, -0.25) is 0 Å². The molecule has 2 aromatic rings. The zero-order valence-corrected chi connectivity index (χ0v) is 10.9. The van der Waals surface area contributed by atoms with E-state index < -0.39 is 0 Å². The van der Waals surface area contributed by atoms with Gasteiger partial charge in [0.25, 0.3) is 0 Å². The summed E-state index contributed by atoms with van der Waals surface area (Å²) in [5.74, 6) is 0.873. The number of para-hydroxylation sites is 1. The molecule has 94 valence electrons. The summed E-state index contributed by atoms with van der Waals surface area (Å²) in [6.45, 7) is 5.32. The molecule has 0 fully saturated rings. The van der Waals surface area contributed by atoms with Crippen molar-refractivity contribution in [2.45, 2.75) is 27.0 Å². The van der Waals surface area contributed by atoms with E-state index in [-0.39, 0.29) is 0 Å². The Morgan fingerprint density at radius 3 is 2.50 bits per heavy atom. The van der Waals surface area contributed by atoms with Crippen molar-refractivity contribution >= 4 is 0 Å². The van der Waals surface area contributed by atoms with Crippen LogP contribution in [0.2, 0.25) is 0 Å². The molecule has 0 atom stereocenters. The minimum atomic E-state index is 0.503. The summed E-state index contributed by atoms with van der Waals surface area (Å²) in [6, 6.07) is 14.3. The van der Waals surface area contributed by atoms with E-state index in [1.54, 1.807) is 0 Å². The fourth-order valence-corrected chi connectivity index (χ4v) is 1.87. The monoisotopic (exact) mass is 241 g/mol. The Hall–Kier alpha value is -1.80. The van der Waals surface area contributed by atoms with Crippen molar-refractivity contribution < 1.29 is 4.74 Å². The summed E-state index contributed by atoms with van der Waals surface area (Å²) in [7, 11) is 0. The molecule has 0 aliphatic carbocycles. The maximum atomic E-state index is 5.83. The van der Waals surface area contributed by atoms with Gasteiger partial charge in [-0.1, -0.05) is 36.4 Å². The standard InChI is InChI=1S/C16H19NO/c1-12-7-8-14(9-13(12)2)11-18-16-6-4-3-5-15(16)10-17/h3-9H,10-11,17H2,1-2H3. The lowest BCUT2D eigenvalue weighted by molar-refractivity contribution is 0.303. The van der Waals surface area contributed by atoms with Crippen LogP contribution in [-0.4, -0.2) is 0 Å². The molecule has 2 heteroatoms. The Morgan fingerprint density at radius 2 is 1.78 bits per heavy atom. The molecule has 0 heterocycles. The second kappa shape index (κ2) is 5.69. The minimum absolute atomic E-state index is 0.503. The van der Waals surface area contributed by atoms with Crippen LogP contribution in [0.4, 0.5) is 0 Å². The second-order valence-electron chi connectivity index (χ2n) is 4.52. The van der Waals surface area contributed by atoms with Crippen LogP contribution >= 0.6 is 0 Å². The predicted octanol–water partition coefficient (Wildman–Crippen LogP) is 3.34. The summed E-state index contributed by atoms with van der Waals surface area (Å²) in [4.78, 5) is 0. The SMILES string of the molecule is Cc1ccc(COc2ccccc2CN)cc1C. The fraction of sp³-hybridized carbons (Fsp3) is 0.250. The van der Waals surface area contributed by atoms with Gasteiger partial charge in [-0.05, 0) is 36.6 Å². The van der Waals surface area contributed by atoms with Crippen LogP contribution in [-0.2, 0) is 13.2 Å². The number of aryl methyl sites for hydroxylation is 2. The maximum absolute atomic E-state index is 5.83. The van der Waals surface area contributed by atoms with Crippen LogP contribution in [0.25, 0.3) is 0 Å². The summed E-state index contributed by atoms with van der Waals surface area (Å²) < 4.78 is 5.83. The van der Waals surface area contributed by atoms with Crippen molar-refractivity contribution in [1.82, 2.24) is 0 Å². The summed E-state index contributed by atoms with van der Waals surface area (Å²) in [5.41, 5.74) is 10.5. The van der Waals surface area contributed by atoms with E-state index in [9.17, 15) is 0 Å². The molecule has 0 saturated heterocycles. The molecule has 18 heavy (non-hydrogen) atoms. The lowest BCUT2D eigenvalue weighted by atomic mass is 10.1. The average Bonchev–Trinajstić information content (AvgIpc) is 2.40. The quantitative estimate of drug-likeness (QED) is 0.891. The highest BCUT2D eigenvalue weighted by atomic mass is 16.5.